The lowest BCUT2D eigenvalue weighted by molar-refractivity contribution is -0.144. The molecule has 0 radical (unpaired) electrons. The van der Waals surface area contributed by atoms with E-state index in [0.29, 0.717) is 18.9 Å². The van der Waals surface area contributed by atoms with E-state index in [9.17, 15) is 4.79 Å². The number of hydrogen-bond donors (Lipinski definition) is 0. The molecule has 0 bridgehead atoms. The summed E-state index contributed by atoms with van der Waals surface area (Å²) in [6, 6.07) is 0. The zero-order valence-corrected chi connectivity index (χ0v) is 9.30. The van der Waals surface area contributed by atoms with Crippen molar-refractivity contribution in [1.29, 1.82) is 0 Å². The Balaban J connectivity index is 3.49. The molecule has 0 N–H and O–H groups in total. The topological polar surface area (TPSA) is 26.3 Å². The van der Waals surface area contributed by atoms with Crippen LogP contribution in [0.5, 0.6) is 0 Å². The van der Waals surface area contributed by atoms with Crippen LogP contribution in [-0.4, -0.2) is 12.6 Å². The number of hydrogen-bond acceptors (Lipinski definition) is 2. The second-order valence-electron chi connectivity index (χ2n) is 4.09. The van der Waals surface area contributed by atoms with Gasteiger partial charge in [-0.05, 0) is 25.2 Å². The third-order valence-electron chi connectivity index (χ3n) is 2.06. The zero-order chi connectivity index (χ0) is 10.3. The van der Waals surface area contributed by atoms with E-state index in [1.165, 1.54) is 6.42 Å². The minimum Gasteiger partial charge on any atom is -0.466 e. The molecule has 0 fully saturated rings. The maximum absolute atomic E-state index is 11.1. The molecule has 2 heteroatoms. The van der Waals surface area contributed by atoms with Crippen molar-refractivity contribution in [2.45, 2.75) is 47.0 Å². The van der Waals surface area contributed by atoms with Crippen molar-refractivity contribution in [2.75, 3.05) is 6.61 Å². The second-order valence-corrected chi connectivity index (χ2v) is 4.09. The van der Waals surface area contributed by atoms with Crippen molar-refractivity contribution < 1.29 is 9.53 Å². The molecule has 0 aromatic heterocycles. The summed E-state index contributed by atoms with van der Waals surface area (Å²) < 4.78 is 4.88. The molecular formula is C11H22O2. The van der Waals surface area contributed by atoms with E-state index in [1.807, 2.05) is 6.92 Å². The summed E-state index contributed by atoms with van der Waals surface area (Å²) in [6.45, 7) is 8.86. The van der Waals surface area contributed by atoms with Gasteiger partial charge in [0.2, 0.25) is 0 Å². The van der Waals surface area contributed by atoms with E-state index in [4.69, 9.17) is 4.74 Å². The van der Waals surface area contributed by atoms with Crippen molar-refractivity contribution in [2.24, 2.45) is 11.8 Å². The average Bonchev–Trinajstić information content (AvgIpc) is 2.01. The Morgan fingerprint density at radius 3 is 2.31 bits per heavy atom. The molecule has 0 amide bonds. The van der Waals surface area contributed by atoms with E-state index < -0.39 is 0 Å². The Kier molecular flexibility index (Phi) is 6.65. The first-order valence-corrected chi connectivity index (χ1v) is 5.21. The van der Waals surface area contributed by atoms with Crippen molar-refractivity contribution in [3.63, 3.8) is 0 Å². The Morgan fingerprint density at radius 1 is 1.23 bits per heavy atom. The van der Waals surface area contributed by atoms with Gasteiger partial charge >= 0.3 is 5.97 Å². The van der Waals surface area contributed by atoms with Crippen LogP contribution in [0.3, 0.4) is 0 Å². The lowest BCUT2D eigenvalue weighted by Gasteiger charge is -2.11. The summed E-state index contributed by atoms with van der Waals surface area (Å²) in [7, 11) is 0. The molecule has 0 saturated heterocycles. The summed E-state index contributed by atoms with van der Waals surface area (Å²) in [6.07, 6.45) is 2.89. The third kappa shape index (κ3) is 7.82. The fourth-order valence-electron chi connectivity index (χ4n) is 1.22. The zero-order valence-electron chi connectivity index (χ0n) is 9.30. The summed E-state index contributed by atoms with van der Waals surface area (Å²) in [4.78, 5) is 11.1. The van der Waals surface area contributed by atoms with Crippen LogP contribution >= 0.6 is 0 Å². The largest absolute Gasteiger partial charge is 0.466 e. The summed E-state index contributed by atoms with van der Waals surface area (Å²) in [5, 5.41) is 0. The molecule has 1 atom stereocenters. The van der Waals surface area contributed by atoms with Crippen LogP contribution < -0.4 is 0 Å². The van der Waals surface area contributed by atoms with Crippen molar-refractivity contribution in [1.82, 2.24) is 0 Å². The SMILES string of the molecule is CCOC(=O)C[C@H](C)CCC(C)C. The van der Waals surface area contributed by atoms with Crippen LogP contribution in [0.15, 0.2) is 0 Å². The van der Waals surface area contributed by atoms with Crippen LogP contribution in [0.25, 0.3) is 0 Å². The molecule has 0 aromatic carbocycles. The van der Waals surface area contributed by atoms with Gasteiger partial charge in [-0.2, -0.15) is 0 Å². The van der Waals surface area contributed by atoms with Gasteiger partial charge in [0, 0.05) is 6.42 Å². The van der Waals surface area contributed by atoms with Gasteiger partial charge in [-0.15, -0.1) is 0 Å². The molecule has 2 nitrogen and oxygen atoms in total. The first-order valence-electron chi connectivity index (χ1n) is 5.21. The molecule has 0 unspecified atom stereocenters. The lowest BCUT2D eigenvalue weighted by Crippen LogP contribution is -2.09. The number of ether oxygens (including phenoxy) is 1. The Bertz CT molecular complexity index is 141. The van der Waals surface area contributed by atoms with Gasteiger partial charge in [0.1, 0.15) is 0 Å². The fourth-order valence-corrected chi connectivity index (χ4v) is 1.22. The third-order valence-corrected chi connectivity index (χ3v) is 2.06. The molecule has 13 heavy (non-hydrogen) atoms. The molecule has 0 spiro atoms. The van der Waals surface area contributed by atoms with E-state index in [0.717, 1.165) is 12.3 Å². The average molecular weight is 186 g/mol. The molecule has 0 saturated carbocycles. The molecule has 0 aliphatic carbocycles. The highest BCUT2D eigenvalue weighted by atomic mass is 16.5. The Hall–Kier alpha value is -0.530. The fraction of sp³-hybridized carbons (Fsp3) is 0.909. The molecule has 0 heterocycles. The van der Waals surface area contributed by atoms with Crippen molar-refractivity contribution in [3.8, 4) is 0 Å². The molecule has 0 aromatic rings. The Labute approximate surface area is 81.7 Å². The van der Waals surface area contributed by atoms with Crippen molar-refractivity contribution in [3.05, 3.63) is 0 Å². The van der Waals surface area contributed by atoms with E-state index in [-0.39, 0.29) is 5.97 Å². The monoisotopic (exact) mass is 186 g/mol. The van der Waals surface area contributed by atoms with Gasteiger partial charge in [0.15, 0.2) is 0 Å². The van der Waals surface area contributed by atoms with Gasteiger partial charge in [-0.25, -0.2) is 0 Å². The molecule has 78 valence electrons. The van der Waals surface area contributed by atoms with Gasteiger partial charge in [0.25, 0.3) is 0 Å². The second kappa shape index (κ2) is 6.93. The smallest absolute Gasteiger partial charge is 0.306 e. The first-order chi connectivity index (χ1) is 6.06. The predicted octanol–water partition coefficient (Wildman–Crippen LogP) is 3.01. The van der Waals surface area contributed by atoms with E-state index in [2.05, 4.69) is 20.8 Å². The highest BCUT2D eigenvalue weighted by molar-refractivity contribution is 5.69. The summed E-state index contributed by atoms with van der Waals surface area (Å²) in [5.41, 5.74) is 0. The van der Waals surface area contributed by atoms with E-state index >= 15 is 0 Å². The minimum absolute atomic E-state index is 0.0567. The highest BCUT2D eigenvalue weighted by Gasteiger charge is 2.09. The van der Waals surface area contributed by atoms with Crippen molar-refractivity contribution >= 4 is 5.97 Å². The quantitative estimate of drug-likeness (QED) is 0.596. The summed E-state index contributed by atoms with van der Waals surface area (Å²) in [5.74, 6) is 1.13. The maximum Gasteiger partial charge on any atom is 0.306 e. The van der Waals surface area contributed by atoms with Crippen LogP contribution in [0, 0.1) is 11.8 Å². The predicted molar refractivity (Wildman–Crippen MR) is 54.5 cm³/mol. The highest BCUT2D eigenvalue weighted by Crippen LogP contribution is 2.15. The minimum atomic E-state index is -0.0567. The summed E-state index contributed by atoms with van der Waals surface area (Å²) >= 11 is 0. The number of carbonyl (C=O) groups excluding carboxylic acids is 1. The first kappa shape index (κ1) is 12.5. The Morgan fingerprint density at radius 2 is 1.85 bits per heavy atom. The van der Waals surface area contributed by atoms with Gasteiger partial charge in [-0.1, -0.05) is 27.2 Å². The molecule has 0 aliphatic rings. The van der Waals surface area contributed by atoms with Gasteiger partial charge in [0.05, 0.1) is 6.61 Å². The molecule has 0 aliphatic heterocycles. The van der Waals surface area contributed by atoms with Gasteiger partial charge < -0.3 is 4.74 Å². The van der Waals surface area contributed by atoms with Gasteiger partial charge in [-0.3, -0.25) is 4.79 Å². The van der Waals surface area contributed by atoms with Crippen LogP contribution in [0.1, 0.15) is 47.0 Å². The van der Waals surface area contributed by atoms with Crippen LogP contribution in [0.4, 0.5) is 0 Å². The lowest BCUT2D eigenvalue weighted by atomic mass is 9.97. The molecular weight excluding hydrogens is 164 g/mol. The normalized spacial score (nSPS) is 13.0. The van der Waals surface area contributed by atoms with E-state index in [1.54, 1.807) is 0 Å². The number of rotatable bonds is 6. The van der Waals surface area contributed by atoms with Crippen LogP contribution in [-0.2, 0) is 9.53 Å². The number of carbonyl (C=O) groups is 1. The molecule has 0 rings (SSSR count). The maximum atomic E-state index is 11.1. The standard InChI is InChI=1S/C11H22O2/c1-5-13-11(12)8-10(4)7-6-9(2)3/h9-10H,5-8H2,1-4H3/t10-/m1/s1. The number of esters is 1. The van der Waals surface area contributed by atoms with Crippen LogP contribution in [0.2, 0.25) is 0 Å².